The van der Waals surface area contributed by atoms with E-state index in [1.54, 1.807) is 6.20 Å². The SMILES string of the molecule is CC1=CS(C)(C=Cc2ccccc2)c2ncc(CO)n21. The molecule has 1 atom stereocenters. The van der Waals surface area contributed by atoms with Gasteiger partial charge in [-0.05, 0) is 35.6 Å². The molecule has 1 aromatic heterocycles. The van der Waals surface area contributed by atoms with Crippen LogP contribution in [0.15, 0.2) is 52.5 Å². The molecule has 0 saturated carbocycles. The lowest BCUT2D eigenvalue weighted by Gasteiger charge is -2.22. The number of hydrogen-bond acceptors (Lipinski definition) is 2. The number of nitrogens with zero attached hydrogens (tertiary/aromatic N) is 2. The molecule has 3 nitrogen and oxygen atoms in total. The second-order valence-corrected chi connectivity index (χ2v) is 8.01. The van der Waals surface area contributed by atoms with Crippen LogP contribution in [0.4, 0.5) is 0 Å². The van der Waals surface area contributed by atoms with Gasteiger partial charge in [0.05, 0.1) is 18.5 Å². The molecule has 1 aliphatic rings. The molecule has 1 aliphatic heterocycles. The maximum Gasteiger partial charge on any atom is 0.162 e. The smallest absolute Gasteiger partial charge is 0.162 e. The molecule has 4 heteroatoms. The summed E-state index contributed by atoms with van der Waals surface area (Å²) in [6.45, 7) is 2.09. The van der Waals surface area contributed by atoms with Crippen LogP contribution in [0.5, 0.6) is 0 Å². The van der Waals surface area contributed by atoms with Gasteiger partial charge in [-0.15, -0.1) is 10.0 Å². The molecule has 1 aromatic carbocycles. The number of aliphatic hydroxyl groups is 1. The van der Waals surface area contributed by atoms with Crippen molar-refractivity contribution in [2.75, 3.05) is 6.26 Å². The summed E-state index contributed by atoms with van der Waals surface area (Å²) in [6, 6.07) is 10.3. The minimum absolute atomic E-state index is 0.0239. The van der Waals surface area contributed by atoms with E-state index in [4.69, 9.17) is 0 Å². The molecule has 0 aliphatic carbocycles. The number of rotatable bonds is 3. The van der Waals surface area contributed by atoms with Crippen LogP contribution < -0.4 is 0 Å². The normalized spacial score (nSPS) is 24.4. The number of imidazole rings is 1. The van der Waals surface area contributed by atoms with Crippen molar-refractivity contribution in [2.24, 2.45) is 0 Å². The second kappa shape index (κ2) is 4.96. The van der Waals surface area contributed by atoms with Crippen LogP contribution in [0.3, 0.4) is 0 Å². The molecule has 2 aromatic rings. The molecule has 3 rings (SSSR count). The van der Waals surface area contributed by atoms with E-state index < -0.39 is 10.0 Å². The first kappa shape index (κ1) is 13.2. The Kier molecular flexibility index (Phi) is 3.28. The molecule has 0 amide bonds. The predicted octanol–water partition coefficient (Wildman–Crippen LogP) is 3.67. The first-order valence-corrected chi connectivity index (χ1v) is 8.68. The average Bonchev–Trinajstić information content (AvgIpc) is 3.00. The van der Waals surface area contributed by atoms with Crippen molar-refractivity contribution in [3.05, 3.63) is 58.6 Å². The molecule has 2 heterocycles. The maximum absolute atomic E-state index is 9.39. The van der Waals surface area contributed by atoms with Gasteiger partial charge in [0.1, 0.15) is 0 Å². The molecule has 0 spiro atoms. The van der Waals surface area contributed by atoms with Crippen LogP contribution in [0.2, 0.25) is 0 Å². The fraction of sp³-hybridized carbons (Fsp3) is 0.188. The lowest BCUT2D eigenvalue weighted by atomic mass is 10.2. The largest absolute Gasteiger partial charge is 0.390 e. The Bertz CT molecular complexity index is 688. The van der Waals surface area contributed by atoms with Gasteiger partial charge in [0.2, 0.25) is 0 Å². The van der Waals surface area contributed by atoms with E-state index in [1.807, 2.05) is 18.2 Å². The zero-order valence-electron chi connectivity index (χ0n) is 11.7. The number of hydrogen-bond donors (Lipinski definition) is 1. The van der Waals surface area contributed by atoms with Crippen LogP contribution in [0.25, 0.3) is 11.8 Å². The number of benzene rings is 1. The van der Waals surface area contributed by atoms with E-state index in [9.17, 15) is 5.11 Å². The zero-order chi connectivity index (χ0) is 14.2. The van der Waals surface area contributed by atoms with Gasteiger partial charge in [0, 0.05) is 5.70 Å². The van der Waals surface area contributed by atoms with Crippen molar-refractivity contribution < 1.29 is 5.11 Å². The minimum Gasteiger partial charge on any atom is -0.390 e. The molecule has 1 unspecified atom stereocenters. The standard InChI is InChI=1S/C16H18N2OS/c1-13-12-20(2,9-8-14-6-4-3-5-7-14)16-17-10-15(11-19)18(13)16/h3-10,12,19H,11H2,1-2H3. The highest BCUT2D eigenvalue weighted by Gasteiger charge is 2.29. The Morgan fingerprint density at radius 3 is 2.75 bits per heavy atom. The van der Waals surface area contributed by atoms with Crippen LogP contribution in [0.1, 0.15) is 18.2 Å². The highest BCUT2D eigenvalue weighted by Crippen LogP contribution is 2.60. The van der Waals surface area contributed by atoms with Crippen molar-refractivity contribution in [1.29, 1.82) is 0 Å². The van der Waals surface area contributed by atoms with Gasteiger partial charge in [-0.2, -0.15) is 0 Å². The predicted molar refractivity (Wildman–Crippen MR) is 85.4 cm³/mol. The number of fused-ring (bicyclic) bond motifs is 1. The van der Waals surface area contributed by atoms with E-state index in [0.29, 0.717) is 0 Å². The van der Waals surface area contributed by atoms with Gasteiger partial charge in [-0.1, -0.05) is 30.3 Å². The van der Waals surface area contributed by atoms with Gasteiger partial charge >= 0.3 is 0 Å². The summed E-state index contributed by atoms with van der Waals surface area (Å²) in [5.74, 6) is 0. The van der Waals surface area contributed by atoms with Crippen molar-refractivity contribution in [2.45, 2.75) is 18.7 Å². The lowest BCUT2D eigenvalue weighted by Crippen LogP contribution is -1.99. The molecule has 0 fully saturated rings. The van der Waals surface area contributed by atoms with Crippen molar-refractivity contribution in [1.82, 2.24) is 9.55 Å². The Balaban J connectivity index is 1.99. The van der Waals surface area contributed by atoms with Crippen molar-refractivity contribution in [3.63, 3.8) is 0 Å². The zero-order valence-corrected chi connectivity index (χ0v) is 12.5. The summed E-state index contributed by atoms with van der Waals surface area (Å²) in [5.41, 5.74) is 3.20. The van der Waals surface area contributed by atoms with E-state index in [-0.39, 0.29) is 6.61 Å². The van der Waals surface area contributed by atoms with Gasteiger partial charge in [0.25, 0.3) is 0 Å². The lowest BCUT2D eigenvalue weighted by molar-refractivity contribution is 0.274. The van der Waals surface area contributed by atoms with E-state index in [0.717, 1.165) is 16.5 Å². The van der Waals surface area contributed by atoms with Crippen molar-refractivity contribution >= 4 is 21.8 Å². The van der Waals surface area contributed by atoms with Gasteiger partial charge in [-0.3, -0.25) is 4.57 Å². The Morgan fingerprint density at radius 2 is 2.05 bits per heavy atom. The first-order chi connectivity index (χ1) is 9.64. The van der Waals surface area contributed by atoms with Crippen LogP contribution in [-0.2, 0) is 6.61 Å². The summed E-state index contributed by atoms with van der Waals surface area (Å²) in [6.07, 6.45) is 6.15. The van der Waals surface area contributed by atoms with Gasteiger partial charge in [-0.25, -0.2) is 4.98 Å². The second-order valence-electron chi connectivity index (χ2n) is 5.05. The topological polar surface area (TPSA) is 38.1 Å². The Labute approximate surface area is 120 Å². The third kappa shape index (κ3) is 2.11. The van der Waals surface area contributed by atoms with Gasteiger partial charge in [0.15, 0.2) is 5.16 Å². The molecular weight excluding hydrogens is 268 g/mol. The fourth-order valence-corrected chi connectivity index (χ4v) is 5.01. The molecule has 0 saturated heterocycles. The van der Waals surface area contributed by atoms with Gasteiger partial charge < -0.3 is 5.11 Å². The van der Waals surface area contributed by atoms with Crippen LogP contribution in [0, 0.1) is 0 Å². The fourth-order valence-electron chi connectivity index (χ4n) is 2.51. The number of aliphatic hydroxyl groups excluding tert-OH is 1. The summed E-state index contributed by atoms with van der Waals surface area (Å²) < 4.78 is 2.07. The summed E-state index contributed by atoms with van der Waals surface area (Å²) in [7, 11) is -1.20. The molecule has 0 radical (unpaired) electrons. The highest BCUT2D eigenvalue weighted by molar-refractivity contribution is 8.38. The third-order valence-corrected chi connectivity index (χ3v) is 6.08. The average molecular weight is 286 g/mol. The van der Waals surface area contributed by atoms with Crippen molar-refractivity contribution in [3.8, 4) is 0 Å². The number of aromatic nitrogens is 2. The van der Waals surface area contributed by atoms with E-state index >= 15 is 0 Å². The van der Waals surface area contributed by atoms with Crippen LogP contribution in [-0.4, -0.2) is 20.9 Å². The summed E-state index contributed by atoms with van der Waals surface area (Å²) in [4.78, 5) is 4.52. The molecule has 20 heavy (non-hydrogen) atoms. The Morgan fingerprint density at radius 1 is 1.30 bits per heavy atom. The first-order valence-electron chi connectivity index (χ1n) is 6.52. The third-order valence-electron chi connectivity index (χ3n) is 3.47. The summed E-state index contributed by atoms with van der Waals surface area (Å²) in [5, 5.41) is 15.0. The van der Waals surface area contributed by atoms with E-state index in [1.165, 1.54) is 5.56 Å². The van der Waals surface area contributed by atoms with Crippen LogP contribution >= 0.6 is 10.0 Å². The van der Waals surface area contributed by atoms with E-state index in [2.05, 4.69) is 51.8 Å². The highest BCUT2D eigenvalue weighted by atomic mass is 32.3. The minimum atomic E-state index is -1.20. The molecule has 0 bridgehead atoms. The maximum atomic E-state index is 9.39. The summed E-state index contributed by atoms with van der Waals surface area (Å²) >= 11 is 0. The molecular formula is C16H18N2OS. The Hall–Kier alpha value is -1.78. The quantitative estimate of drug-likeness (QED) is 0.935. The molecule has 104 valence electrons. The number of allylic oxidation sites excluding steroid dienone is 1. The monoisotopic (exact) mass is 286 g/mol. The molecule has 1 N–H and O–H groups in total.